The summed E-state index contributed by atoms with van der Waals surface area (Å²) in [4.78, 5) is 0. The van der Waals surface area contributed by atoms with Gasteiger partial charge in [0.25, 0.3) is 0 Å². The molecule has 0 aliphatic rings. The maximum atomic E-state index is 10.1. The number of aromatic hydroxyl groups is 1. The largest absolute Gasteiger partial charge is 0.508 e. The van der Waals surface area contributed by atoms with Crippen LogP contribution in [0.1, 0.15) is 22.8 Å². The highest BCUT2D eigenvalue weighted by atomic mass is 79.9. The van der Waals surface area contributed by atoms with Gasteiger partial charge in [-0.25, -0.2) is 0 Å². The molecule has 0 aliphatic heterocycles. The van der Waals surface area contributed by atoms with Crippen molar-refractivity contribution < 1.29 is 15.3 Å². The first-order chi connectivity index (χ1) is 10.6. The summed E-state index contributed by atoms with van der Waals surface area (Å²) in [6.07, 6.45) is 0.216. The average Bonchev–Trinajstić information content (AvgIpc) is 2.53. The van der Waals surface area contributed by atoms with Crippen LogP contribution in [0.3, 0.4) is 0 Å². The Balaban J connectivity index is 1.80. The van der Waals surface area contributed by atoms with Crippen LogP contribution in [0.25, 0.3) is 0 Å². The molecular formula is C17H20BrNO3. The highest BCUT2D eigenvalue weighted by molar-refractivity contribution is 9.10. The number of nitrogens with one attached hydrogen (secondary N) is 1. The standard InChI is InChI=1S/C17H20BrNO3/c18-15-4-1-12(2-5-15)7-8-19-10-17(22)13-3-6-16(21)14(9-13)11-20/h1-6,9,17,19-22H,7-8,10-11H2. The van der Waals surface area contributed by atoms with Gasteiger partial charge in [0.05, 0.1) is 12.7 Å². The summed E-state index contributed by atoms with van der Waals surface area (Å²) >= 11 is 3.40. The predicted molar refractivity (Wildman–Crippen MR) is 89.7 cm³/mol. The second-order valence-corrected chi connectivity index (χ2v) is 6.06. The van der Waals surface area contributed by atoms with Crippen LogP contribution in [0, 0.1) is 0 Å². The van der Waals surface area contributed by atoms with E-state index in [1.165, 1.54) is 11.6 Å². The molecule has 5 heteroatoms. The second kappa shape index (κ2) is 8.29. The Bertz CT molecular complexity index is 601. The van der Waals surface area contributed by atoms with Crippen LogP contribution in [0.4, 0.5) is 0 Å². The lowest BCUT2D eigenvalue weighted by Gasteiger charge is -2.14. The number of hydrogen-bond acceptors (Lipinski definition) is 4. The zero-order valence-corrected chi connectivity index (χ0v) is 13.8. The minimum Gasteiger partial charge on any atom is -0.508 e. The first-order valence-electron chi connectivity index (χ1n) is 7.16. The third-order valence-corrected chi connectivity index (χ3v) is 4.03. The molecule has 1 unspecified atom stereocenters. The zero-order chi connectivity index (χ0) is 15.9. The van der Waals surface area contributed by atoms with Gasteiger partial charge in [0.1, 0.15) is 5.75 Å². The van der Waals surface area contributed by atoms with Crippen LogP contribution >= 0.6 is 15.9 Å². The molecule has 2 aromatic rings. The zero-order valence-electron chi connectivity index (χ0n) is 12.2. The SMILES string of the molecule is OCc1cc(C(O)CNCCc2ccc(Br)cc2)ccc1O. The number of rotatable bonds is 7. The molecule has 0 radical (unpaired) electrons. The van der Waals surface area contributed by atoms with Crippen LogP contribution in [0.15, 0.2) is 46.9 Å². The number of benzene rings is 2. The lowest BCUT2D eigenvalue weighted by atomic mass is 10.1. The second-order valence-electron chi connectivity index (χ2n) is 5.14. The first kappa shape index (κ1) is 17.0. The van der Waals surface area contributed by atoms with Gasteiger partial charge >= 0.3 is 0 Å². The first-order valence-corrected chi connectivity index (χ1v) is 7.95. The molecule has 0 bridgehead atoms. The van der Waals surface area contributed by atoms with Gasteiger partial charge in [0.15, 0.2) is 0 Å². The lowest BCUT2D eigenvalue weighted by molar-refractivity contribution is 0.174. The van der Waals surface area contributed by atoms with Crippen molar-refractivity contribution in [3.8, 4) is 5.75 Å². The summed E-state index contributed by atoms with van der Waals surface area (Å²) in [6.45, 7) is 0.944. The van der Waals surface area contributed by atoms with E-state index in [1.54, 1.807) is 12.1 Å². The van der Waals surface area contributed by atoms with E-state index >= 15 is 0 Å². The van der Waals surface area contributed by atoms with Gasteiger partial charge < -0.3 is 20.6 Å². The van der Waals surface area contributed by atoms with E-state index in [0.29, 0.717) is 17.7 Å². The fraction of sp³-hybridized carbons (Fsp3) is 0.294. The molecule has 4 N–H and O–H groups in total. The molecule has 0 spiro atoms. The van der Waals surface area contributed by atoms with E-state index in [0.717, 1.165) is 17.4 Å². The van der Waals surface area contributed by atoms with Gasteiger partial charge in [0, 0.05) is 16.6 Å². The van der Waals surface area contributed by atoms with Crippen molar-refractivity contribution in [1.29, 1.82) is 0 Å². The third kappa shape index (κ3) is 4.81. The van der Waals surface area contributed by atoms with E-state index in [4.69, 9.17) is 5.11 Å². The Morgan fingerprint density at radius 2 is 1.82 bits per heavy atom. The topological polar surface area (TPSA) is 72.7 Å². The monoisotopic (exact) mass is 365 g/mol. The summed E-state index contributed by atoms with van der Waals surface area (Å²) < 4.78 is 1.06. The molecule has 0 aliphatic carbocycles. The molecule has 0 aromatic heterocycles. The van der Waals surface area contributed by atoms with Crippen LogP contribution < -0.4 is 5.32 Å². The molecule has 22 heavy (non-hydrogen) atoms. The van der Waals surface area contributed by atoms with Crippen LogP contribution in [0.5, 0.6) is 5.75 Å². The molecule has 0 amide bonds. The van der Waals surface area contributed by atoms with Crippen molar-refractivity contribution >= 4 is 15.9 Å². The van der Waals surface area contributed by atoms with Crippen molar-refractivity contribution in [2.75, 3.05) is 13.1 Å². The Morgan fingerprint density at radius 1 is 1.09 bits per heavy atom. The normalized spacial score (nSPS) is 12.3. The molecule has 4 nitrogen and oxygen atoms in total. The summed E-state index contributed by atoms with van der Waals surface area (Å²) in [5.74, 6) is 0.0432. The molecule has 2 aromatic carbocycles. The van der Waals surface area contributed by atoms with Gasteiger partial charge in [-0.05, 0) is 48.4 Å². The van der Waals surface area contributed by atoms with Crippen LogP contribution in [-0.4, -0.2) is 28.4 Å². The lowest BCUT2D eigenvalue weighted by Crippen LogP contribution is -2.23. The molecule has 1 atom stereocenters. The van der Waals surface area contributed by atoms with Crippen molar-refractivity contribution in [1.82, 2.24) is 5.32 Å². The Morgan fingerprint density at radius 3 is 2.50 bits per heavy atom. The van der Waals surface area contributed by atoms with Gasteiger partial charge in [0.2, 0.25) is 0 Å². The van der Waals surface area contributed by atoms with E-state index in [2.05, 4.69) is 33.4 Å². The Labute approximate surface area is 138 Å². The predicted octanol–water partition coefficient (Wildman–Crippen LogP) is 2.51. The van der Waals surface area contributed by atoms with E-state index in [9.17, 15) is 10.2 Å². The van der Waals surface area contributed by atoms with E-state index in [-0.39, 0.29) is 12.4 Å². The van der Waals surface area contributed by atoms with Crippen LogP contribution in [0.2, 0.25) is 0 Å². The van der Waals surface area contributed by atoms with Gasteiger partial charge in [-0.15, -0.1) is 0 Å². The summed E-state index contributed by atoms with van der Waals surface area (Å²) in [6, 6.07) is 12.9. The maximum absolute atomic E-state index is 10.1. The van der Waals surface area contributed by atoms with Gasteiger partial charge in [-0.2, -0.15) is 0 Å². The highest BCUT2D eigenvalue weighted by Crippen LogP contribution is 2.22. The Kier molecular flexibility index (Phi) is 6.39. The van der Waals surface area contributed by atoms with Crippen molar-refractivity contribution in [3.63, 3.8) is 0 Å². The maximum Gasteiger partial charge on any atom is 0.121 e. The van der Waals surface area contributed by atoms with Crippen molar-refractivity contribution in [2.24, 2.45) is 0 Å². The molecular weight excluding hydrogens is 346 g/mol. The summed E-state index contributed by atoms with van der Waals surface area (Å²) in [5.41, 5.74) is 2.33. The number of aliphatic hydroxyl groups is 2. The summed E-state index contributed by atoms with van der Waals surface area (Å²) in [7, 11) is 0. The minimum atomic E-state index is -0.671. The number of halogens is 1. The molecule has 0 heterocycles. The molecule has 0 saturated heterocycles. The molecule has 2 rings (SSSR count). The quantitative estimate of drug-likeness (QED) is 0.569. The average molecular weight is 366 g/mol. The third-order valence-electron chi connectivity index (χ3n) is 3.50. The fourth-order valence-electron chi connectivity index (χ4n) is 2.18. The van der Waals surface area contributed by atoms with E-state index in [1.807, 2.05) is 12.1 Å². The smallest absolute Gasteiger partial charge is 0.121 e. The highest BCUT2D eigenvalue weighted by Gasteiger charge is 2.09. The number of aliphatic hydroxyl groups excluding tert-OH is 2. The summed E-state index contributed by atoms with van der Waals surface area (Å²) in [5, 5.41) is 32.0. The van der Waals surface area contributed by atoms with Gasteiger partial charge in [-0.3, -0.25) is 0 Å². The molecule has 0 saturated carbocycles. The van der Waals surface area contributed by atoms with Crippen molar-refractivity contribution in [2.45, 2.75) is 19.1 Å². The Hall–Kier alpha value is -1.40. The fourth-order valence-corrected chi connectivity index (χ4v) is 2.44. The molecule has 118 valence electrons. The van der Waals surface area contributed by atoms with E-state index < -0.39 is 6.10 Å². The number of hydrogen-bond donors (Lipinski definition) is 4. The number of phenols is 1. The molecule has 0 fully saturated rings. The van der Waals surface area contributed by atoms with Crippen molar-refractivity contribution in [3.05, 3.63) is 63.6 Å². The minimum absolute atomic E-state index is 0.0432. The van der Waals surface area contributed by atoms with Gasteiger partial charge in [-0.1, -0.05) is 34.1 Å². The van der Waals surface area contributed by atoms with Crippen LogP contribution in [-0.2, 0) is 13.0 Å².